The molecule has 0 heterocycles. The molecule has 17 heavy (non-hydrogen) atoms. The molecule has 0 aliphatic heterocycles. The number of hydrogen-bond acceptors (Lipinski definition) is 3. The minimum atomic E-state index is -0.506. The fraction of sp³-hybridized carbons (Fsp3) is 0.500. The highest BCUT2D eigenvalue weighted by molar-refractivity contribution is 5.75. The van der Waals surface area contributed by atoms with Crippen LogP contribution in [0.25, 0.3) is 0 Å². The first-order chi connectivity index (χ1) is 8.19. The standard InChI is InChI=1S/C14H21NO2/c1-3-12(4-2)13(15)14(16)17-10-11-8-6-5-7-9-11/h5-9,12-13H,3-4,10,15H2,1-2H3. The molecule has 1 aromatic rings. The maximum atomic E-state index is 11.7. The van der Waals surface area contributed by atoms with E-state index in [1.54, 1.807) is 0 Å². The highest BCUT2D eigenvalue weighted by Gasteiger charge is 2.22. The number of carbonyl (C=O) groups is 1. The Labute approximate surface area is 103 Å². The zero-order valence-electron chi connectivity index (χ0n) is 10.6. The van der Waals surface area contributed by atoms with Crippen LogP contribution >= 0.6 is 0 Å². The van der Waals surface area contributed by atoms with Crippen LogP contribution in [0.15, 0.2) is 30.3 Å². The van der Waals surface area contributed by atoms with E-state index in [1.807, 2.05) is 44.2 Å². The summed E-state index contributed by atoms with van der Waals surface area (Å²) in [6, 6.07) is 9.12. The van der Waals surface area contributed by atoms with Gasteiger partial charge in [0.25, 0.3) is 0 Å². The van der Waals surface area contributed by atoms with Crippen molar-refractivity contribution in [1.82, 2.24) is 0 Å². The Bertz CT molecular complexity index is 333. The molecule has 1 unspecified atom stereocenters. The third-order valence-corrected chi connectivity index (χ3v) is 3.05. The Morgan fingerprint density at radius 3 is 2.35 bits per heavy atom. The molecule has 0 radical (unpaired) electrons. The van der Waals surface area contributed by atoms with Gasteiger partial charge < -0.3 is 10.5 Å². The smallest absolute Gasteiger partial charge is 0.323 e. The van der Waals surface area contributed by atoms with Crippen LogP contribution in [0.4, 0.5) is 0 Å². The van der Waals surface area contributed by atoms with Gasteiger partial charge in [0.05, 0.1) is 0 Å². The summed E-state index contributed by atoms with van der Waals surface area (Å²) in [6.45, 7) is 4.38. The van der Waals surface area contributed by atoms with E-state index >= 15 is 0 Å². The molecule has 0 amide bonds. The van der Waals surface area contributed by atoms with Crippen LogP contribution in [0, 0.1) is 5.92 Å². The number of carbonyl (C=O) groups excluding carboxylic acids is 1. The highest BCUT2D eigenvalue weighted by Crippen LogP contribution is 2.13. The summed E-state index contributed by atoms with van der Waals surface area (Å²) in [6.07, 6.45) is 1.80. The maximum absolute atomic E-state index is 11.7. The molecule has 0 bridgehead atoms. The van der Waals surface area contributed by atoms with Crippen molar-refractivity contribution >= 4 is 5.97 Å². The average molecular weight is 235 g/mol. The predicted molar refractivity (Wildman–Crippen MR) is 68.3 cm³/mol. The van der Waals surface area contributed by atoms with Crippen LogP contribution in [0.5, 0.6) is 0 Å². The summed E-state index contributed by atoms with van der Waals surface area (Å²) in [5.41, 5.74) is 6.86. The molecule has 0 aliphatic carbocycles. The number of nitrogens with two attached hydrogens (primary N) is 1. The second-order valence-electron chi connectivity index (χ2n) is 4.20. The van der Waals surface area contributed by atoms with Crippen LogP contribution in [0.3, 0.4) is 0 Å². The van der Waals surface area contributed by atoms with Gasteiger partial charge in [0.15, 0.2) is 0 Å². The van der Waals surface area contributed by atoms with Crippen LogP contribution in [0.2, 0.25) is 0 Å². The predicted octanol–water partition coefficient (Wildman–Crippen LogP) is 2.49. The van der Waals surface area contributed by atoms with E-state index in [9.17, 15) is 4.79 Å². The van der Waals surface area contributed by atoms with Crippen molar-refractivity contribution in [3.63, 3.8) is 0 Å². The number of rotatable bonds is 6. The van der Waals surface area contributed by atoms with Crippen molar-refractivity contribution in [3.05, 3.63) is 35.9 Å². The number of esters is 1. The minimum Gasteiger partial charge on any atom is -0.460 e. The SMILES string of the molecule is CCC(CC)C(N)C(=O)OCc1ccccc1. The second kappa shape index (κ2) is 7.07. The van der Waals surface area contributed by atoms with Crippen molar-refractivity contribution < 1.29 is 9.53 Å². The molecule has 0 aromatic heterocycles. The highest BCUT2D eigenvalue weighted by atomic mass is 16.5. The molecule has 3 heteroatoms. The molecule has 0 spiro atoms. The van der Waals surface area contributed by atoms with Crippen molar-refractivity contribution in [1.29, 1.82) is 0 Å². The Morgan fingerprint density at radius 2 is 1.82 bits per heavy atom. The van der Waals surface area contributed by atoms with E-state index in [0.717, 1.165) is 18.4 Å². The van der Waals surface area contributed by atoms with Gasteiger partial charge in [0.1, 0.15) is 12.6 Å². The first-order valence-electron chi connectivity index (χ1n) is 6.15. The largest absolute Gasteiger partial charge is 0.460 e. The lowest BCUT2D eigenvalue weighted by atomic mass is 9.95. The molecule has 3 nitrogen and oxygen atoms in total. The lowest BCUT2D eigenvalue weighted by Gasteiger charge is -2.19. The van der Waals surface area contributed by atoms with Gasteiger partial charge in [0.2, 0.25) is 0 Å². The molecule has 1 atom stereocenters. The van der Waals surface area contributed by atoms with Crippen LogP contribution in [0.1, 0.15) is 32.3 Å². The fourth-order valence-electron chi connectivity index (χ4n) is 1.81. The number of benzene rings is 1. The normalized spacial score (nSPS) is 12.5. The van der Waals surface area contributed by atoms with E-state index in [4.69, 9.17) is 10.5 Å². The molecule has 1 rings (SSSR count). The lowest BCUT2D eigenvalue weighted by Crippen LogP contribution is -2.38. The summed E-state index contributed by atoms with van der Waals surface area (Å²) in [7, 11) is 0. The molecule has 1 aromatic carbocycles. The number of ether oxygens (including phenoxy) is 1. The van der Waals surface area contributed by atoms with Gasteiger partial charge in [0, 0.05) is 0 Å². The van der Waals surface area contributed by atoms with Gasteiger partial charge in [-0.25, -0.2) is 0 Å². The lowest BCUT2D eigenvalue weighted by molar-refractivity contribution is -0.148. The van der Waals surface area contributed by atoms with E-state index in [1.165, 1.54) is 0 Å². The Balaban J connectivity index is 2.44. The van der Waals surface area contributed by atoms with Crippen molar-refractivity contribution in [2.45, 2.75) is 39.3 Å². The molecule has 0 saturated carbocycles. The second-order valence-corrected chi connectivity index (χ2v) is 4.20. The Morgan fingerprint density at radius 1 is 1.24 bits per heavy atom. The van der Waals surface area contributed by atoms with Crippen molar-refractivity contribution in [2.75, 3.05) is 0 Å². The van der Waals surface area contributed by atoms with Gasteiger partial charge in [-0.3, -0.25) is 4.79 Å². The minimum absolute atomic E-state index is 0.207. The molecule has 0 aliphatic rings. The molecule has 2 N–H and O–H groups in total. The molecular weight excluding hydrogens is 214 g/mol. The van der Waals surface area contributed by atoms with Gasteiger partial charge in [-0.15, -0.1) is 0 Å². The third-order valence-electron chi connectivity index (χ3n) is 3.05. The fourth-order valence-corrected chi connectivity index (χ4v) is 1.81. The van der Waals surface area contributed by atoms with Gasteiger partial charge >= 0.3 is 5.97 Å². The molecular formula is C14H21NO2. The number of hydrogen-bond donors (Lipinski definition) is 1. The summed E-state index contributed by atoms with van der Waals surface area (Å²) in [4.78, 5) is 11.7. The Kier molecular flexibility index (Phi) is 5.70. The van der Waals surface area contributed by atoms with Gasteiger partial charge in [-0.1, -0.05) is 57.0 Å². The molecule has 0 saturated heterocycles. The van der Waals surface area contributed by atoms with E-state index < -0.39 is 6.04 Å². The van der Waals surface area contributed by atoms with Crippen molar-refractivity contribution in [3.8, 4) is 0 Å². The summed E-state index contributed by atoms with van der Waals surface area (Å²) >= 11 is 0. The Hall–Kier alpha value is -1.35. The van der Waals surface area contributed by atoms with Crippen molar-refractivity contribution in [2.24, 2.45) is 11.7 Å². The zero-order chi connectivity index (χ0) is 12.7. The van der Waals surface area contributed by atoms with E-state index in [-0.39, 0.29) is 11.9 Å². The first kappa shape index (κ1) is 13.7. The molecule has 94 valence electrons. The van der Waals surface area contributed by atoms with Crippen LogP contribution in [-0.4, -0.2) is 12.0 Å². The topological polar surface area (TPSA) is 52.3 Å². The first-order valence-corrected chi connectivity index (χ1v) is 6.15. The van der Waals surface area contributed by atoms with Gasteiger partial charge in [-0.05, 0) is 11.5 Å². The monoisotopic (exact) mass is 235 g/mol. The summed E-state index contributed by atoms with van der Waals surface area (Å²) in [5, 5.41) is 0. The van der Waals surface area contributed by atoms with Crippen LogP contribution in [-0.2, 0) is 16.1 Å². The third kappa shape index (κ3) is 4.19. The maximum Gasteiger partial charge on any atom is 0.323 e. The molecule has 0 fully saturated rings. The zero-order valence-corrected chi connectivity index (χ0v) is 10.6. The summed E-state index contributed by atoms with van der Waals surface area (Å²) in [5.74, 6) is -0.0965. The van der Waals surface area contributed by atoms with E-state index in [0.29, 0.717) is 6.61 Å². The van der Waals surface area contributed by atoms with Crippen LogP contribution < -0.4 is 5.73 Å². The summed E-state index contributed by atoms with van der Waals surface area (Å²) < 4.78 is 5.21. The van der Waals surface area contributed by atoms with Gasteiger partial charge in [-0.2, -0.15) is 0 Å². The quantitative estimate of drug-likeness (QED) is 0.771. The average Bonchev–Trinajstić information content (AvgIpc) is 2.38. The van der Waals surface area contributed by atoms with E-state index in [2.05, 4.69) is 0 Å².